The lowest BCUT2D eigenvalue weighted by Gasteiger charge is -2.16. The van der Waals surface area contributed by atoms with E-state index in [1.54, 1.807) is 0 Å². The van der Waals surface area contributed by atoms with Crippen molar-refractivity contribution in [2.45, 2.75) is 71.3 Å². The molecule has 0 aliphatic heterocycles. The van der Waals surface area contributed by atoms with Crippen molar-refractivity contribution < 1.29 is 4.79 Å². The molecule has 0 atom stereocenters. The molecule has 1 fully saturated rings. The van der Waals surface area contributed by atoms with E-state index in [0.29, 0.717) is 12.5 Å². The fraction of sp³-hybridized carbons (Fsp3) is 0.611. The van der Waals surface area contributed by atoms with Gasteiger partial charge in [0.15, 0.2) is 0 Å². The Bertz CT molecular complexity index is 445. The van der Waals surface area contributed by atoms with Gasteiger partial charge in [0.05, 0.1) is 0 Å². The average molecular weight is 273 g/mol. The quantitative estimate of drug-likeness (QED) is 0.823. The minimum absolute atomic E-state index is 0.218. The van der Waals surface area contributed by atoms with E-state index in [4.69, 9.17) is 0 Å². The van der Waals surface area contributed by atoms with Crippen LogP contribution < -0.4 is 5.32 Å². The van der Waals surface area contributed by atoms with Crippen molar-refractivity contribution in [3.05, 3.63) is 34.9 Å². The van der Waals surface area contributed by atoms with E-state index in [2.05, 4.69) is 37.4 Å². The second-order valence-corrected chi connectivity index (χ2v) is 6.17. The van der Waals surface area contributed by atoms with Crippen molar-refractivity contribution in [1.82, 2.24) is 5.32 Å². The molecule has 0 saturated heterocycles. The summed E-state index contributed by atoms with van der Waals surface area (Å²) in [7, 11) is 0. The summed E-state index contributed by atoms with van der Waals surface area (Å²) in [6.45, 7) is 4.25. The highest BCUT2D eigenvalue weighted by atomic mass is 16.1. The van der Waals surface area contributed by atoms with Crippen molar-refractivity contribution >= 4 is 5.91 Å². The van der Waals surface area contributed by atoms with E-state index in [9.17, 15) is 4.79 Å². The van der Waals surface area contributed by atoms with Crippen LogP contribution in [-0.4, -0.2) is 11.9 Å². The number of aryl methyl sites for hydroxylation is 3. The molecule has 2 heteroatoms. The number of nitrogens with one attached hydrogen (secondary N) is 1. The Morgan fingerprint density at radius 2 is 1.80 bits per heavy atom. The molecule has 110 valence electrons. The lowest BCUT2D eigenvalue weighted by molar-refractivity contribution is -0.121. The summed E-state index contributed by atoms with van der Waals surface area (Å²) in [5.74, 6) is 0.218. The summed E-state index contributed by atoms with van der Waals surface area (Å²) < 4.78 is 0. The molecule has 0 spiro atoms. The lowest BCUT2D eigenvalue weighted by Crippen LogP contribution is -2.34. The highest BCUT2D eigenvalue weighted by molar-refractivity contribution is 5.76. The third kappa shape index (κ3) is 4.66. The normalized spacial score (nSPS) is 16.7. The monoisotopic (exact) mass is 273 g/mol. The van der Waals surface area contributed by atoms with Gasteiger partial charge in [0.2, 0.25) is 5.91 Å². The third-order valence-electron chi connectivity index (χ3n) is 4.43. The molecule has 1 aromatic carbocycles. The zero-order valence-corrected chi connectivity index (χ0v) is 12.9. The zero-order valence-electron chi connectivity index (χ0n) is 12.9. The summed E-state index contributed by atoms with van der Waals surface area (Å²) in [5.41, 5.74) is 3.90. The van der Waals surface area contributed by atoms with Crippen molar-refractivity contribution in [2.24, 2.45) is 0 Å². The van der Waals surface area contributed by atoms with Crippen LogP contribution in [0.2, 0.25) is 0 Å². The molecular formula is C18H27NO. The van der Waals surface area contributed by atoms with Gasteiger partial charge in [-0.15, -0.1) is 0 Å². The van der Waals surface area contributed by atoms with Crippen LogP contribution in [0.15, 0.2) is 18.2 Å². The van der Waals surface area contributed by atoms with Crippen LogP contribution >= 0.6 is 0 Å². The van der Waals surface area contributed by atoms with Gasteiger partial charge >= 0.3 is 0 Å². The second kappa shape index (κ2) is 7.47. The lowest BCUT2D eigenvalue weighted by atomic mass is 10.0. The van der Waals surface area contributed by atoms with Crippen LogP contribution in [0.1, 0.15) is 61.6 Å². The predicted molar refractivity (Wildman–Crippen MR) is 83.9 cm³/mol. The SMILES string of the molecule is Cc1ccc(CCC(=O)NC2CCCCCC2)cc1C. The average Bonchev–Trinajstić information content (AvgIpc) is 2.69. The van der Waals surface area contributed by atoms with Crippen molar-refractivity contribution in [3.8, 4) is 0 Å². The number of carbonyl (C=O) groups is 1. The van der Waals surface area contributed by atoms with E-state index in [1.807, 2.05) is 0 Å². The summed E-state index contributed by atoms with van der Waals surface area (Å²) in [5, 5.41) is 3.22. The summed E-state index contributed by atoms with van der Waals surface area (Å²) in [6.07, 6.45) is 8.97. The van der Waals surface area contributed by atoms with Gasteiger partial charge in [-0.1, -0.05) is 43.9 Å². The van der Waals surface area contributed by atoms with Crippen LogP contribution in [0.25, 0.3) is 0 Å². The fourth-order valence-electron chi connectivity index (χ4n) is 2.94. The molecule has 2 nitrogen and oxygen atoms in total. The number of carbonyl (C=O) groups excluding carboxylic acids is 1. The van der Waals surface area contributed by atoms with Gasteiger partial charge in [-0.2, -0.15) is 0 Å². The Kier molecular flexibility index (Phi) is 5.63. The van der Waals surface area contributed by atoms with Gasteiger partial charge in [-0.05, 0) is 49.8 Å². The molecule has 20 heavy (non-hydrogen) atoms. The van der Waals surface area contributed by atoms with Crippen LogP contribution in [0.4, 0.5) is 0 Å². The Morgan fingerprint density at radius 1 is 1.10 bits per heavy atom. The Labute approximate surface area is 123 Å². The van der Waals surface area contributed by atoms with Crippen molar-refractivity contribution in [1.29, 1.82) is 0 Å². The molecule has 0 unspecified atom stereocenters. The number of hydrogen-bond acceptors (Lipinski definition) is 1. The van der Waals surface area contributed by atoms with Gasteiger partial charge < -0.3 is 5.32 Å². The first-order valence-electron chi connectivity index (χ1n) is 8.00. The molecule has 1 aromatic rings. The Hall–Kier alpha value is -1.31. The van der Waals surface area contributed by atoms with Crippen LogP contribution in [0.3, 0.4) is 0 Å². The maximum atomic E-state index is 12.0. The summed E-state index contributed by atoms with van der Waals surface area (Å²) >= 11 is 0. The first-order valence-corrected chi connectivity index (χ1v) is 8.00. The number of benzene rings is 1. The number of hydrogen-bond donors (Lipinski definition) is 1. The molecule has 1 N–H and O–H groups in total. The molecule has 1 saturated carbocycles. The minimum Gasteiger partial charge on any atom is -0.353 e. The molecular weight excluding hydrogens is 246 g/mol. The van der Waals surface area contributed by atoms with E-state index >= 15 is 0 Å². The Balaban J connectivity index is 1.77. The maximum Gasteiger partial charge on any atom is 0.220 e. The van der Waals surface area contributed by atoms with E-state index < -0.39 is 0 Å². The van der Waals surface area contributed by atoms with Gasteiger partial charge in [0.1, 0.15) is 0 Å². The molecule has 1 aliphatic carbocycles. The number of rotatable bonds is 4. The maximum absolute atomic E-state index is 12.0. The standard InChI is InChI=1S/C18H27NO/c1-14-9-10-16(13-15(14)2)11-12-18(20)19-17-7-5-3-4-6-8-17/h9-10,13,17H,3-8,11-12H2,1-2H3,(H,19,20). The minimum atomic E-state index is 0.218. The van der Waals surface area contributed by atoms with Gasteiger partial charge in [0.25, 0.3) is 0 Å². The highest BCUT2D eigenvalue weighted by Crippen LogP contribution is 2.17. The molecule has 1 aliphatic rings. The van der Waals surface area contributed by atoms with Crippen molar-refractivity contribution in [3.63, 3.8) is 0 Å². The van der Waals surface area contributed by atoms with Crippen LogP contribution in [-0.2, 0) is 11.2 Å². The van der Waals surface area contributed by atoms with Crippen molar-refractivity contribution in [2.75, 3.05) is 0 Å². The zero-order chi connectivity index (χ0) is 14.4. The Morgan fingerprint density at radius 3 is 2.45 bits per heavy atom. The predicted octanol–water partition coefficient (Wildman–Crippen LogP) is 4.08. The summed E-state index contributed by atoms with van der Waals surface area (Å²) in [6, 6.07) is 6.91. The first kappa shape index (κ1) is 15.1. The van der Waals surface area contributed by atoms with Gasteiger partial charge in [-0.3, -0.25) is 4.79 Å². The van der Waals surface area contributed by atoms with Gasteiger partial charge in [-0.25, -0.2) is 0 Å². The van der Waals surface area contributed by atoms with Crippen LogP contribution in [0.5, 0.6) is 0 Å². The molecule has 2 rings (SSSR count). The largest absolute Gasteiger partial charge is 0.353 e. The molecule has 0 aromatic heterocycles. The highest BCUT2D eigenvalue weighted by Gasteiger charge is 2.14. The smallest absolute Gasteiger partial charge is 0.220 e. The topological polar surface area (TPSA) is 29.1 Å². The van der Waals surface area contributed by atoms with E-state index in [-0.39, 0.29) is 5.91 Å². The van der Waals surface area contributed by atoms with E-state index in [0.717, 1.165) is 19.3 Å². The third-order valence-corrected chi connectivity index (χ3v) is 4.43. The molecule has 1 amide bonds. The second-order valence-electron chi connectivity index (χ2n) is 6.17. The first-order chi connectivity index (χ1) is 9.65. The summed E-state index contributed by atoms with van der Waals surface area (Å²) in [4.78, 5) is 12.0. The van der Waals surface area contributed by atoms with Gasteiger partial charge in [0, 0.05) is 12.5 Å². The molecule has 0 bridgehead atoms. The number of amides is 1. The molecule has 0 heterocycles. The van der Waals surface area contributed by atoms with Crippen LogP contribution in [0, 0.1) is 13.8 Å². The molecule has 0 radical (unpaired) electrons. The fourth-order valence-corrected chi connectivity index (χ4v) is 2.94. The van der Waals surface area contributed by atoms with E-state index in [1.165, 1.54) is 42.4 Å².